The Labute approximate surface area is 243 Å². The first kappa shape index (κ1) is 26.6. The van der Waals surface area contributed by atoms with Gasteiger partial charge in [0.05, 0.1) is 18.6 Å². The average molecular weight is 577 g/mol. The van der Waals surface area contributed by atoms with Crippen molar-refractivity contribution in [1.29, 1.82) is 0 Å². The first-order valence-electron chi connectivity index (χ1n) is 14.7. The number of aryl methyl sites for hydroxylation is 1. The largest absolute Gasteiger partial charge is 0.378 e. The van der Waals surface area contributed by atoms with Gasteiger partial charge in [-0.25, -0.2) is 14.4 Å². The Morgan fingerprint density at radius 1 is 1.07 bits per heavy atom. The highest BCUT2D eigenvalue weighted by atomic mass is 35.5. The zero-order valence-corrected chi connectivity index (χ0v) is 23.8. The molecule has 4 aromatic rings. The zero-order chi connectivity index (χ0) is 28.0. The van der Waals surface area contributed by atoms with E-state index in [1.807, 2.05) is 12.3 Å². The molecule has 214 valence electrons. The summed E-state index contributed by atoms with van der Waals surface area (Å²) in [6, 6.07) is 8.26. The van der Waals surface area contributed by atoms with E-state index in [1.165, 1.54) is 38.2 Å². The van der Waals surface area contributed by atoms with Crippen molar-refractivity contribution in [3.8, 4) is 11.3 Å². The van der Waals surface area contributed by atoms with Gasteiger partial charge in [-0.1, -0.05) is 18.0 Å². The number of fused-ring (bicyclic) bond motifs is 2. The molecule has 2 aliphatic heterocycles. The molecule has 0 unspecified atom stereocenters. The molecule has 1 spiro atoms. The van der Waals surface area contributed by atoms with Crippen LogP contribution in [0.15, 0.2) is 47.5 Å². The van der Waals surface area contributed by atoms with Crippen LogP contribution in [0, 0.1) is 17.2 Å². The summed E-state index contributed by atoms with van der Waals surface area (Å²) in [7, 11) is 0. The molecule has 1 aromatic carbocycles. The fourth-order valence-electron chi connectivity index (χ4n) is 6.95. The fourth-order valence-corrected chi connectivity index (χ4v) is 7.10. The van der Waals surface area contributed by atoms with E-state index in [4.69, 9.17) is 26.3 Å². The van der Waals surface area contributed by atoms with Crippen molar-refractivity contribution in [2.45, 2.75) is 58.0 Å². The predicted molar refractivity (Wildman–Crippen MR) is 157 cm³/mol. The van der Waals surface area contributed by atoms with Crippen LogP contribution in [-0.2, 0) is 24.2 Å². The zero-order valence-electron chi connectivity index (χ0n) is 23.1. The van der Waals surface area contributed by atoms with E-state index in [2.05, 4.69) is 20.9 Å². The second kappa shape index (κ2) is 10.8. The number of hydrogen-bond acceptors (Lipinski definition) is 6. The van der Waals surface area contributed by atoms with Crippen molar-refractivity contribution in [3.05, 3.63) is 69.7 Å². The number of nitrogens with zero attached hydrogens (tertiary/aromatic N) is 6. The first-order chi connectivity index (χ1) is 20.0. The van der Waals surface area contributed by atoms with Crippen LogP contribution in [0.5, 0.6) is 0 Å². The summed E-state index contributed by atoms with van der Waals surface area (Å²) in [6.45, 7) is 4.32. The topological polar surface area (TPSA) is 78.1 Å². The van der Waals surface area contributed by atoms with E-state index in [-0.39, 0.29) is 5.56 Å². The number of morpholine rings is 1. The fraction of sp³-hybridized carbons (Fsp3) is 0.484. The summed E-state index contributed by atoms with van der Waals surface area (Å²) in [5, 5.41) is 5.02. The van der Waals surface area contributed by atoms with Gasteiger partial charge in [-0.05, 0) is 73.8 Å². The van der Waals surface area contributed by atoms with Crippen molar-refractivity contribution in [1.82, 2.24) is 24.3 Å². The van der Waals surface area contributed by atoms with Crippen molar-refractivity contribution < 1.29 is 9.13 Å². The second-order valence-corrected chi connectivity index (χ2v) is 12.3. The third kappa shape index (κ3) is 5.14. The Morgan fingerprint density at radius 2 is 1.90 bits per heavy atom. The minimum Gasteiger partial charge on any atom is -0.378 e. The lowest BCUT2D eigenvalue weighted by atomic mass is 9.52. The molecule has 5 heterocycles. The molecular weight excluding hydrogens is 543 g/mol. The smallest absolute Gasteiger partial charge is 0.261 e. The molecule has 10 heteroatoms. The van der Waals surface area contributed by atoms with Gasteiger partial charge in [0.1, 0.15) is 28.7 Å². The lowest BCUT2D eigenvalue weighted by Gasteiger charge is -2.54. The minimum absolute atomic E-state index is 0.0926. The summed E-state index contributed by atoms with van der Waals surface area (Å²) in [5.74, 6) is 1.80. The molecule has 2 saturated carbocycles. The predicted octanol–water partition coefficient (Wildman–Crippen LogP) is 5.50. The molecule has 0 radical (unpaired) electrons. The number of rotatable bonds is 4. The molecule has 0 amide bonds. The van der Waals surface area contributed by atoms with Crippen LogP contribution < -0.4 is 10.5 Å². The van der Waals surface area contributed by atoms with Gasteiger partial charge in [-0.2, -0.15) is 5.10 Å². The van der Waals surface area contributed by atoms with Crippen molar-refractivity contribution >= 4 is 28.3 Å². The maximum absolute atomic E-state index is 14.7. The van der Waals surface area contributed by atoms with Crippen molar-refractivity contribution in [3.63, 3.8) is 0 Å². The van der Waals surface area contributed by atoms with Crippen LogP contribution >= 0.6 is 11.6 Å². The highest BCUT2D eigenvalue weighted by molar-refractivity contribution is 6.30. The van der Waals surface area contributed by atoms with E-state index in [9.17, 15) is 9.18 Å². The molecule has 0 atom stereocenters. The van der Waals surface area contributed by atoms with Gasteiger partial charge in [0.2, 0.25) is 0 Å². The number of pyridine rings is 1. The highest BCUT2D eigenvalue weighted by Gasteiger charge is 2.47. The van der Waals surface area contributed by atoms with E-state index in [0.29, 0.717) is 65.8 Å². The number of anilines is 1. The number of hydrogen-bond donors (Lipinski definition) is 0. The van der Waals surface area contributed by atoms with E-state index in [0.717, 1.165) is 36.5 Å². The van der Waals surface area contributed by atoms with Gasteiger partial charge >= 0.3 is 0 Å². The normalized spacial score (nSPS) is 19.4. The summed E-state index contributed by atoms with van der Waals surface area (Å²) in [6.07, 6.45) is 13.0. The van der Waals surface area contributed by atoms with E-state index >= 15 is 0 Å². The molecule has 8 nitrogen and oxygen atoms in total. The summed E-state index contributed by atoms with van der Waals surface area (Å²) >= 11 is 5.93. The number of halogens is 2. The molecule has 4 aliphatic rings. The Kier molecular flexibility index (Phi) is 7.03. The molecular formula is C31H34ClFN6O2. The monoisotopic (exact) mass is 576 g/mol. The number of ether oxygens (including phenoxy) is 1. The summed E-state index contributed by atoms with van der Waals surface area (Å²) in [5.41, 5.74) is 1.83. The quantitative estimate of drug-likeness (QED) is 0.319. The van der Waals surface area contributed by atoms with Crippen LogP contribution in [0.25, 0.3) is 22.2 Å². The first-order valence-corrected chi connectivity index (χ1v) is 15.1. The molecule has 41 heavy (non-hydrogen) atoms. The minimum atomic E-state index is -0.483. The van der Waals surface area contributed by atoms with Crippen LogP contribution in [0.4, 0.5) is 10.2 Å². The Morgan fingerprint density at radius 3 is 2.61 bits per heavy atom. The summed E-state index contributed by atoms with van der Waals surface area (Å²) < 4.78 is 24.0. The van der Waals surface area contributed by atoms with Crippen molar-refractivity contribution in [2.24, 2.45) is 11.3 Å². The van der Waals surface area contributed by atoms with E-state index in [1.54, 1.807) is 22.8 Å². The van der Waals surface area contributed by atoms with Crippen LogP contribution in [-0.4, -0.2) is 50.6 Å². The lowest BCUT2D eigenvalue weighted by molar-refractivity contribution is -0.0323. The standard InChI is InChI=1S/C20H18ClFN4O2.C11H16N2/c21-12-3-4-13(15(22)10-12)18-19-14(20(27)26-5-1-2-16(26)23-19)11-17(24-18)25-6-8-28-9-7-25;1-3-11(4-1)7-10(8-11)9-13-6-2-5-12-13/h3-4,10-11H,1-2,5-9H2;2,5-6,10H,1,3-4,7-9H2. The highest BCUT2D eigenvalue weighted by Crippen LogP contribution is 2.58. The van der Waals surface area contributed by atoms with Crippen LogP contribution in [0.2, 0.25) is 5.02 Å². The third-order valence-electron chi connectivity index (χ3n) is 9.17. The molecule has 8 rings (SSSR count). The van der Waals surface area contributed by atoms with E-state index < -0.39 is 5.82 Å². The maximum atomic E-state index is 14.7. The molecule has 0 N–H and O–H groups in total. The Hall–Kier alpha value is -3.30. The number of benzene rings is 1. The second-order valence-electron chi connectivity index (χ2n) is 11.9. The maximum Gasteiger partial charge on any atom is 0.261 e. The molecule has 2 aliphatic carbocycles. The third-order valence-corrected chi connectivity index (χ3v) is 9.41. The van der Waals surface area contributed by atoms with Crippen molar-refractivity contribution in [2.75, 3.05) is 31.2 Å². The Bertz CT molecular complexity index is 1620. The molecule has 1 saturated heterocycles. The van der Waals surface area contributed by atoms with Crippen LogP contribution in [0.3, 0.4) is 0 Å². The Balaban J connectivity index is 0.000000176. The van der Waals surface area contributed by atoms with Gasteiger partial charge in [0, 0.05) is 55.6 Å². The molecule has 3 aromatic heterocycles. The van der Waals surface area contributed by atoms with Gasteiger partial charge in [-0.3, -0.25) is 14.0 Å². The number of aromatic nitrogens is 5. The van der Waals surface area contributed by atoms with Gasteiger partial charge in [-0.15, -0.1) is 0 Å². The summed E-state index contributed by atoms with van der Waals surface area (Å²) in [4.78, 5) is 24.6. The van der Waals surface area contributed by atoms with Gasteiger partial charge < -0.3 is 9.64 Å². The van der Waals surface area contributed by atoms with Crippen LogP contribution in [0.1, 0.15) is 44.3 Å². The molecule has 3 fully saturated rings. The lowest BCUT2D eigenvalue weighted by Crippen LogP contribution is -2.44. The van der Waals surface area contributed by atoms with Gasteiger partial charge in [0.25, 0.3) is 5.56 Å². The average Bonchev–Trinajstić information content (AvgIpc) is 3.63. The molecule has 0 bridgehead atoms. The SMILES string of the molecule is O=c1c2cc(N3CCOCC3)nc(-c3ccc(Cl)cc3F)c2nc2n1CCC2.c1cnn(CC2CC3(CCC3)C2)c1. The van der Waals surface area contributed by atoms with Gasteiger partial charge in [0.15, 0.2) is 0 Å².